The summed E-state index contributed by atoms with van der Waals surface area (Å²) in [6.45, 7) is 3.82. The van der Waals surface area contributed by atoms with Crippen LogP contribution in [0.2, 0.25) is 0 Å². The Balaban J connectivity index is 2.01. The van der Waals surface area contributed by atoms with E-state index in [4.69, 9.17) is 4.18 Å². The second kappa shape index (κ2) is 7.46. The summed E-state index contributed by atoms with van der Waals surface area (Å²) in [5, 5.41) is 0.547. The van der Waals surface area contributed by atoms with Gasteiger partial charge in [-0.2, -0.15) is 8.42 Å². The number of rotatable bonds is 4. The normalized spacial score (nSPS) is 11.6. The van der Waals surface area contributed by atoms with Gasteiger partial charge in [0.05, 0.1) is 11.1 Å². The molecule has 0 aliphatic rings. The van der Waals surface area contributed by atoms with Gasteiger partial charge in [-0.25, -0.2) is 0 Å². The zero-order chi connectivity index (χ0) is 21.5. The molecule has 0 aliphatic heterocycles. The lowest BCUT2D eigenvalue weighted by molar-refractivity contribution is 0.488. The van der Waals surface area contributed by atoms with E-state index in [1.54, 1.807) is 55.6 Å². The van der Waals surface area contributed by atoms with Gasteiger partial charge in [0.15, 0.2) is 5.75 Å². The third-order valence-electron chi connectivity index (χ3n) is 5.10. The number of aromatic nitrogens is 1. The molecule has 1 heterocycles. The van der Waals surface area contributed by atoms with Gasteiger partial charge in [0.2, 0.25) is 0 Å². The minimum atomic E-state index is -4.14. The van der Waals surface area contributed by atoms with E-state index >= 15 is 0 Å². The molecule has 0 aliphatic carbocycles. The highest BCUT2D eigenvalue weighted by molar-refractivity contribution is 7.87. The van der Waals surface area contributed by atoms with Crippen LogP contribution in [0.3, 0.4) is 0 Å². The van der Waals surface area contributed by atoms with Gasteiger partial charge in [-0.05, 0) is 43.7 Å². The van der Waals surface area contributed by atoms with Crippen LogP contribution in [0.4, 0.5) is 0 Å². The van der Waals surface area contributed by atoms with Crippen LogP contribution in [0, 0.1) is 13.8 Å². The maximum absolute atomic E-state index is 13.2. The minimum Gasteiger partial charge on any atom is -0.377 e. The van der Waals surface area contributed by atoms with E-state index in [1.165, 1.54) is 16.7 Å². The zero-order valence-corrected chi connectivity index (χ0v) is 17.7. The highest BCUT2D eigenvalue weighted by atomic mass is 32.2. The van der Waals surface area contributed by atoms with Crippen LogP contribution >= 0.6 is 0 Å². The summed E-state index contributed by atoms with van der Waals surface area (Å²) in [5.41, 5.74) is 3.05. The van der Waals surface area contributed by atoms with Crippen LogP contribution in [-0.4, -0.2) is 13.0 Å². The van der Waals surface area contributed by atoms with Crippen molar-refractivity contribution in [2.45, 2.75) is 18.7 Å². The molecular weight excluding hydrogens is 398 g/mol. The maximum Gasteiger partial charge on any atom is 0.339 e. The SMILES string of the molecule is Cc1ccc(-c2c(OS(=O)(=O)c3ccc(C)cc3)c3ccccc3n(C)c2=O)cc1. The average molecular weight is 420 g/mol. The molecule has 4 aromatic rings. The van der Waals surface area contributed by atoms with E-state index in [1.807, 2.05) is 26.0 Å². The molecule has 30 heavy (non-hydrogen) atoms. The molecule has 0 saturated carbocycles. The van der Waals surface area contributed by atoms with Gasteiger partial charge in [0, 0.05) is 12.4 Å². The monoisotopic (exact) mass is 419 g/mol. The molecule has 0 radical (unpaired) electrons. The molecule has 0 saturated heterocycles. The molecule has 5 nitrogen and oxygen atoms in total. The average Bonchev–Trinajstić information content (AvgIpc) is 2.73. The van der Waals surface area contributed by atoms with Crippen molar-refractivity contribution < 1.29 is 12.6 Å². The van der Waals surface area contributed by atoms with Crippen LogP contribution in [0.5, 0.6) is 5.75 Å². The first-order valence-corrected chi connectivity index (χ1v) is 10.9. The zero-order valence-electron chi connectivity index (χ0n) is 16.9. The Kier molecular flexibility index (Phi) is 4.95. The Hall–Kier alpha value is -3.38. The third-order valence-corrected chi connectivity index (χ3v) is 6.33. The lowest BCUT2D eigenvalue weighted by Gasteiger charge is -2.16. The molecule has 3 aromatic carbocycles. The molecular formula is C24H21NO4S. The van der Waals surface area contributed by atoms with Gasteiger partial charge in [0.25, 0.3) is 5.56 Å². The number of fused-ring (bicyclic) bond motifs is 1. The Morgan fingerprint density at radius 2 is 1.37 bits per heavy atom. The summed E-state index contributed by atoms with van der Waals surface area (Å²) in [5.74, 6) is 0.0399. The summed E-state index contributed by atoms with van der Waals surface area (Å²) in [7, 11) is -2.47. The van der Waals surface area contributed by atoms with Gasteiger partial charge in [0.1, 0.15) is 4.90 Å². The number of hydrogen-bond acceptors (Lipinski definition) is 4. The first-order valence-electron chi connectivity index (χ1n) is 9.48. The molecule has 0 fully saturated rings. The first-order chi connectivity index (χ1) is 14.3. The van der Waals surface area contributed by atoms with Crippen LogP contribution in [0.1, 0.15) is 11.1 Å². The quantitative estimate of drug-likeness (QED) is 0.454. The van der Waals surface area contributed by atoms with Gasteiger partial charge >= 0.3 is 10.1 Å². The number of hydrogen-bond donors (Lipinski definition) is 0. The lowest BCUT2D eigenvalue weighted by Crippen LogP contribution is -2.22. The fourth-order valence-corrected chi connectivity index (χ4v) is 4.35. The second-order valence-corrected chi connectivity index (χ2v) is 8.85. The van der Waals surface area contributed by atoms with E-state index in [9.17, 15) is 13.2 Å². The second-order valence-electron chi connectivity index (χ2n) is 7.30. The number of pyridine rings is 1. The summed E-state index contributed by atoms with van der Waals surface area (Å²) < 4.78 is 33.3. The molecule has 6 heteroatoms. The Bertz CT molecular complexity index is 1400. The molecule has 0 N–H and O–H groups in total. The van der Waals surface area contributed by atoms with Crippen LogP contribution in [0.25, 0.3) is 22.0 Å². The fourth-order valence-electron chi connectivity index (χ4n) is 3.39. The van der Waals surface area contributed by atoms with Gasteiger partial charge in [-0.15, -0.1) is 0 Å². The number of aryl methyl sites for hydroxylation is 3. The standard InChI is InChI=1S/C24H21NO4S/c1-16-8-12-18(13-9-16)22-23(20-6-4-5-7-21(20)25(3)24(22)26)29-30(27,28)19-14-10-17(2)11-15-19/h4-15H,1-3H3. The van der Waals surface area contributed by atoms with Crippen molar-refractivity contribution in [2.24, 2.45) is 7.05 Å². The highest BCUT2D eigenvalue weighted by Gasteiger charge is 2.24. The molecule has 0 amide bonds. The molecule has 0 unspecified atom stereocenters. The maximum atomic E-state index is 13.2. The minimum absolute atomic E-state index is 0.0349. The van der Waals surface area contributed by atoms with Gasteiger partial charge in [-0.3, -0.25) is 4.79 Å². The third kappa shape index (κ3) is 3.50. The predicted octanol–water partition coefficient (Wildman–Crippen LogP) is 4.59. The summed E-state index contributed by atoms with van der Waals surface area (Å²) in [6.07, 6.45) is 0. The van der Waals surface area contributed by atoms with Gasteiger partial charge < -0.3 is 8.75 Å². The molecule has 4 rings (SSSR count). The molecule has 0 atom stereocenters. The van der Waals surface area contributed by atoms with E-state index in [0.717, 1.165) is 11.1 Å². The number of benzene rings is 3. The predicted molar refractivity (Wildman–Crippen MR) is 118 cm³/mol. The fraction of sp³-hybridized carbons (Fsp3) is 0.125. The molecule has 0 bridgehead atoms. The van der Waals surface area contributed by atoms with Crippen molar-refractivity contribution in [1.29, 1.82) is 0 Å². The summed E-state index contributed by atoms with van der Waals surface area (Å²) >= 11 is 0. The van der Waals surface area contributed by atoms with Crippen molar-refractivity contribution in [3.05, 3.63) is 94.3 Å². The van der Waals surface area contributed by atoms with Crippen molar-refractivity contribution in [1.82, 2.24) is 4.57 Å². The van der Waals surface area contributed by atoms with Crippen molar-refractivity contribution in [3.63, 3.8) is 0 Å². The molecule has 1 aromatic heterocycles. The first kappa shape index (κ1) is 19.9. The molecule has 0 spiro atoms. The Morgan fingerprint density at radius 1 is 0.800 bits per heavy atom. The van der Waals surface area contributed by atoms with E-state index in [2.05, 4.69) is 0 Å². The smallest absolute Gasteiger partial charge is 0.339 e. The summed E-state index contributed by atoms with van der Waals surface area (Å²) in [6, 6.07) is 20.9. The lowest BCUT2D eigenvalue weighted by atomic mass is 10.0. The van der Waals surface area contributed by atoms with Crippen molar-refractivity contribution >= 4 is 21.0 Å². The van der Waals surface area contributed by atoms with Crippen molar-refractivity contribution in [2.75, 3.05) is 0 Å². The Morgan fingerprint density at radius 3 is 2.00 bits per heavy atom. The van der Waals surface area contributed by atoms with Crippen LogP contribution in [-0.2, 0) is 17.2 Å². The topological polar surface area (TPSA) is 65.4 Å². The van der Waals surface area contributed by atoms with Crippen LogP contribution in [0.15, 0.2) is 82.5 Å². The van der Waals surface area contributed by atoms with E-state index in [0.29, 0.717) is 16.5 Å². The van der Waals surface area contributed by atoms with Crippen LogP contribution < -0.4 is 9.74 Å². The Labute approximate surface area is 175 Å². The van der Waals surface area contributed by atoms with Gasteiger partial charge in [-0.1, -0.05) is 59.7 Å². The number of nitrogens with zero attached hydrogens (tertiary/aromatic N) is 1. The molecule has 152 valence electrons. The van der Waals surface area contributed by atoms with E-state index in [-0.39, 0.29) is 21.8 Å². The van der Waals surface area contributed by atoms with Crippen molar-refractivity contribution in [3.8, 4) is 16.9 Å². The summed E-state index contributed by atoms with van der Waals surface area (Å²) in [4.78, 5) is 13.3. The largest absolute Gasteiger partial charge is 0.377 e. The number of para-hydroxylation sites is 1. The van der Waals surface area contributed by atoms with E-state index < -0.39 is 10.1 Å². The highest BCUT2D eigenvalue weighted by Crippen LogP contribution is 2.36.